The SMILES string of the molecule is COc1nc(-c2cccc(-c3cccc(-c4cnc(CN5CC[C@@H](C(C)(C)O)C5)c(OC)n4)c3Cl)c2Cl)cnc1CCC[C@@H]1CCC(=O)N1. The van der Waals surface area contributed by atoms with E-state index < -0.39 is 5.60 Å². The zero-order valence-electron chi connectivity index (χ0n) is 28.3. The van der Waals surface area contributed by atoms with Gasteiger partial charge in [0.1, 0.15) is 11.4 Å². The van der Waals surface area contributed by atoms with Gasteiger partial charge in [-0.2, -0.15) is 0 Å². The zero-order chi connectivity index (χ0) is 34.7. The highest BCUT2D eigenvalue weighted by Gasteiger charge is 2.34. The molecule has 2 aromatic heterocycles. The van der Waals surface area contributed by atoms with Crippen molar-refractivity contribution in [3.05, 3.63) is 70.2 Å². The molecule has 1 amide bonds. The Bertz CT molecular complexity index is 1830. The Morgan fingerprint density at radius 1 is 0.898 bits per heavy atom. The maximum absolute atomic E-state index is 11.5. The van der Waals surface area contributed by atoms with Crippen molar-refractivity contribution in [1.82, 2.24) is 30.2 Å². The van der Waals surface area contributed by atoms with Gasteiger partial charge < -0.3 is 19.9 Å². The van der Waals surface area contributed by atoms with Gasteiger partial charge in [-0.25, -0.2) is 9.97 Å². The first-order chi connectivity index (χ1) is 23.5. The minimum atomic E-state index is -0.722. The highest BCUT2D eigenvalue weighted by atomic mass is 35.5. The molecule has 0 bridgehead atoms. The van der Waals surface area contributed by atoms with Gasteiger partial charge in [-0.05, 0) is 52.5 Å². The van der Waals surface area contributed by atoms with Crippen LogP contribution < -0.4 is 14.8 Å². The van der Waals surface area contributed by atoms with Crippen molar-refractivity contribution in [2.24, 2.45) is 5.92 Å². The van der Waals surface area contributed by atoms with Crippen LogP contribution in [0.4, 0.5) is 0 Å². The van der Waals surface area contributed by atoms with Crippen LogP contribution in [0.1, 0.15) is 57.3 Å². The molecule has 4 aromatic rings. The Morgan fingerprint density at radius 2 is 1.47 bits per heavy atom. The maximum atomic E-state index is 11.5. The van der Waals surface area contributed by atoms with Gasteiger partial charge in [0.25, 0.3) is 0 Å². The fourth-order valence-corrected chi connectivity index (χ4v) is 7.36. The molecule has 2 atom stereocenters. The van der Waals surface area contributed by atoms with Gasteiger partial charge in [-0.1, -0.05) is 59.6 Å². The molecule has 0 unspecified atom stereocenters. The number of ether oxygens (including phenoxy) is 2. The number of aliphatic hydroxyl groups is 1. The molecule has 4 heterocycles. The molecule has 49 heavy (non-hydrogen) atoms. The molecule has 0 aliphatic carbocycles. The molecular weight excluding hydrogens is 663 g/mol. The van der Waals surface area contributed by atoms with Gasteiger partial charge in [0.05, 0.1) is 53.6 Å². The smallest absolute Gasteiger partial charge is 0.237 e. The second-order valence-electron chi connectivity index (χ2n) is 13.3. The first-order valence-corrected chi connectivity index (χ1v) is 17.4. The van der Waals surface area contributed by atoms with Crippen LogP contribution in [-0.2, 0) is 17.8 Å². The molecule has 2 aliphatic rings. The summed E-state index contributed by atoms with van der Waals surface area (Å²) in [5, 5.41) is 14.4. The third kappa shape index (κ3) is 7.83. The second kappa shape index (κ2) is 15.0. The van der Waals surface area contributed by atoms with Crippen LogP contribution in [0, 0.1) is 5.92 Å². The Hall–Kier alpha value is -3.83. The number of amides is 1. The first kappa shape index (κ1) is 35.0. The number of carbonyl (C=O) groups excluding carboxylic acids is 1. The van der Waals surface area contributed by atoms with Gasteiger partial charge in [-0.3, -0.25) is 19.7 Å². The minimum absolute atomic E-state index is 0.123. The van der Waals surface area contributed by atoms with Crippen molar-refractivity contribution in [1.29, 1.82) is 0 Å². The van der Waals surface area contributed by atoms with Crippen molar-refractivity contribution < 1.29 is 19.4 Å². The summed E-state index contributed by atoms with van der Waals surface area (Å²) in [7, 11) is 3.17. The Morgan fingerprint density at radius 3 is 2.00 bits per heavy atom. The summed E-state index contributed by atoms with van der Waals surface area (Å²) >= 11 is 14.2. The number of aromatic nitrogens is 4. The third-order valence-corrected chi connectivity index (χ3v) is 10.4. The highest BCUT2D eigenvalue weighted by Crippen LogP contribution is 2.42. The molecule has 6 rings (SSSR count). The van der Waals surface area contributed by atoms with Gasteiger partial charge in [0, 0.05) is 53.7 Å². The monoisotopic (exact) mass is 704 g/mol. The molecule has 10 nitrogen and oxygen atoms in total. The molecule has 2 saturated heterocycles. The molecule has 0 saturated carbocycles. The van der Waals surface area contributed by atoms with Crippen LogP contribution in [0.5, 0.6) is 11.8 Å². The number of nitrogens with one attached hydrogen (secondary N) is 1. The van der Waals surface area contributed by atoms with E-state index in [0.717, 1.165) is 61.3 Å². The zero-order valence-corrected chi connectivity index (χ0v) is 29.8. The van der Waals surface area contributed by atoms with Crippen molar-refractivity contribution in [3.8, 4) is 45.4 Å². The van der Waals surface area contributed by atoms with Gasteiger partial charge in [0.2, 0.25) is 17.7 Å². The molecule has 2 aliphatic heterocycles. The molecule has 2 N–H and O–H groups in total. The lowest BCUT2D eigenvalue weighted by Crippen LogP contribution is -2.33. The predicted molar refractivity (Wildman–Crippen MR) is 191 cm³/mol. The average Bonchev–Trinajstić information content (AvgIpc) is 3.74. The lowest BCUT2D eigenvalue weighted by atomic mass is 9.90. The summed E-state index contributed by atoms with van der Waals surface area (Å²) < 4.78 is 11.3. The first-order valence-electron chi connectivity index (χ1n) is 16.7. The number of likely N-dealkylation sites (tertiary alicyclic amines) is 1. The number of halogens is 2. The lowest BCUT2D eigenvalue weighted by Gasteiger charge is -2.25. The summed E-state index contributed by atoms with van der Waals surface area (Å²) in [6.07, 6.45) is 8.28. The second-order valence-corrected chi connectivity index (χ2v) is 14.1. The molecule has 12 heteroatoms. The van der Waals surface area contributed by atoms with E-state index in [1.807, 2.05) is 50.2 Å². The normalized spacial score (nSPS) is 18.1. The fraction of sp³-hybridized carbons (Fsp3) is 0.432. The van der Waals surface area contributed by atoms with E-state index in [4.69, 9.17) is 47.6 Å². The van der Waals surface area contributed by atoms with E-state index in [1.54, 1.807) is 26.6 Å². The number of aryl methyl sites for hydroxylation is 1. The number of hydrogen-bond donors (Lipinski definition) is 2. The quantitative estimate of drug-likeness (QED) is 0.164. The lowest BCUT2D eigenvalue weighted by molar-refractivity contribution is -0.119. The maximum Gasteiger partial charge on any atom is 0.237 e. The number of nitrogens with zero attached hydrogens (tertiary/aromatic N) is 5. The minimum Gasteiger partial charge on any atom is -0.480 e. The van der Waals surface area contributed by atoms with E-state index in [9.17, 15) is 9.90 Å². The molecular formula is C37H42Cl2N6O4. The van der Waals surface area contributed by atoms with Gasteiger partial charge in [-0.15, -0.1) is 0 Å². The summed E-state index contributed by atoms with van der Waals surface area (Å²) in [4.78, 5) is 32.8. The average molecular weight is 706 g/mol. The summed E-state index contributed by atoms with van der Waals surface area (Å²) in [6, 6.07) is 11.7. The summed E-state index contributed by atoms with van der Waals surface area (Å²) in [5.41, 5.74) is 4.81. The van der Waals surface area contributed by atoms with Crippen LogP contribution >= 0.6 is 23.2 Å². The molecule has 2 fully saturated rings. The number of benzene rings is 2. The van der Waals surface area contributed by atoms with Crippen molar-refractivity contribution >= 4 is 29.1 Å². The van der Waals surface area contributed by atoms with E-state index in [0.29, 0.717) is 63.7 Å². The van der Waals surface area contributed by atoms with E-state index in [-0.39, 0.29) is 17.9 Å². The van der Waals surface area contributed by atoms with Crippen LogP contribution in [0.25, 0.3) is 33.6 Å². The van der Waals surface area contributed by atoms with Crippen molar-refractivity contribution in [3.63, 3.8) is 0 Å². The Balaban J connectivity index is 1.22. The van der Waals surface area contributed by atoms with E-state index in [2.05, 4.69) is 15.2 Å². The van der Waals surface area contributed by atoms with Crippen LogP contribution in [0.15, 0.2) is 48.8 Å². The summed E-state index contributed by atoms with van der Waals surface area (Å²) in [5.74, 6) is 1.21. The van der Waals surface area contributed by atoms with Gasteiger partial charge in [0.15, 0.2) is 0 Å². The van der Waals surface area contributed by atoms with Crippen LogP contribution in [-0.4, -0.2) is 74.8 Å². The van der Waals surface area contributed by atoms with E-state index in [1.165, 1.54) is 0 Å². The summed E-state index contributed by atoms with van der Waals surface area (Å²) in [6.45, 7) is 5.97. The van der Waals surface area contributed by atoms with Gasteiger partial charge >= 0.3 is 0 Å². The number of methoxy groups -OCH3 is 2. The standard InChI is InChI=1S/C37H42Cl2N6O4/c1-37(2,47)22-16-17-45(20-22)21-31-36(49-4)44-30(19-41-31)27-12-7-10-25(34(27)39)24-9-6-11-26(33(24)38)29-18-40-28(35(43-29)48-3)13-5-8-23-14-15-32(46)42-23/h6-7,9-12,18-19,22-23,47H,5,8,13-17,20-21H2,1-4H3,(H,42,46)/t22-,23-/m1/s1. The molecule has 258 valence electrons. The highest BCUT2D eigenvalue weighted by molar-refractivity contribution is 6.39. The fourth-order valence-electron chi connectivity index (χ4n) is 6.71. The van der Waals surface area contributed by atoms with Crippen molar-refractivity contribution in [2.45, 2.75) is 70.6 Å². The number of rotatable bonds is 12. The number of hydrogen-bond acceptors (Lipinski definition) is 9. The van der Waals surface area contributed by atoms with Crippen molar-refractivity contribution in [2.75, 3.05) is 27.3 Å². The largest absolute Gasteiger partial charge is 0.480 e. The van der Waals surface area contributed by atoms with E-state index >= 15 is 0 Å². The molecule has 2 aromatic carbocycles. The van der Waals surface area contributed by atoms with Crippen LogP contribution in [0.2, 0.25) is 10.0 Å². The Labute approximate surface area is 297 Å². The third-order valence-electron chi connectivity index (χ3n) is 9.55. The Kier molecular flexibility index (Phi) is 10.7. The topological polar surface area (TPSA) is 123 Å². The predicted octanol–water partition coefficient (Wildman–Crippen LogP) is 6.79. The van der Waals surface area contributed by atoms with Crippen LogP contribution in [0.3, 0.4) is 0 Å². The molecule has 0 radical (unpaired) electrons. The number of carbonyl (C=O) groups is 1. The molecule has 0 spiro atoms.